The van der Waals surface area contributed by atoms with Crippen molar-refractivity contribution in [2.75, 3.05) is 13.2 Å². The van der Waals surface area contributed by atoms with Crippen LogP contribution in [-0.4, -0.2) is 19.3 Å². The average Bonchev–Trinajstić information content (AvgIpc) is 3.09. The third-order valence-corrected chi connectivity index (χ3v) is 2.64. The van der Waals surface area contributed by atoms with Crippen molar-refractivity contribution in [2.24, 2.45) is 0 Å². The van der Waals surface area contributed by atoms with Gasteiger partial charge in [0, 0.05) is 0 Å². The molecule has 0 aliphatic carbocycles. The first kappa shape index (κ1) is 12.4. The molecule has 1 fully saturated rings. The summed E-state index contributed by atoms with van der Waals surface area (Å²) in [5.74, 6) is 0. The average molecular weight is 246 g/mol. The van der Waals surface area contributed by atoms with Crippen LogP contribution in [-0.2, 0) is 15.7 Å². The molecular formula is C12H13F3O2. The van der Waals surface area contributed by atoms with Crippen molar-refractivity contribution < 1.29 is 22.6 Å². The van der Waals surface area contributed by atoms with E-state index in [0.717, 1.165) is 17.7 Å². The molecule has 0 bridgehead atoms. The molecule has 0 N–H and O–H groups in total. The standard InChI is InChI=1S/C12H13F3O2/c1-8(16-6-11-7-17-11)9-2-4-10(5-3-9)12(13,14)15/h2-5,8,11H,6-7H2,1H3/t8-,11-/m0/s1. The second-order valence-corrected chi connectivity index (χ2v) is 4.05. The van der Waals surface area contributed by atoms with Gasteiger partial charge in [0.1, 0.15) is 6.10 Å². The number of halogens is 3. The molecule has 1 aromatic carbocycles. The number of hydrogen-bond acceptors (Lipinski definition) is 2. The quantitative estimate of drug-likeness (QED) is 0.761. The third-order valence-electron chi connectivity index (χ3n) is 2.64. The molecule has 5 heteroatoms. The van der Waals surface area contributed by atoms with Crippen LogP contribution in [0.3, 0.4) is 0 Å². The van der Waals surface area contributed by atoms with E-state index in [0.29, 0.717) is 13.2 Å². The number of hydrogen-bond donors (Lipinski definition) is 0. The highest BCUT2D eigenvalue weighted by molar-refractivity contribution is 5.25. The molecule has 2 nitrogen and oxygen atoms in total. The SMILES string of the molecule is C[C@H](OC[C@H]1CO1)c1ccc(C(F)(F)F)cc1. The monoisotopic (exact) mass is 246 g/mol. The van der Waals surface area contributed by atoms with E-state index in [1.165, 1.54) is 12.1 Å². The largest absolute Gasteiger partial charge is 0.416 e. The fraction of sp³-hybridized carbons (Fsp3) is 0.500. The minimum atomic E-state index is -4.29. The van der Waals surface area contributed by atoms with E-state index in [9.17, 15) is 13.2 Å². The molecule has 0 radical (unpaired) electrons. The Labute approximate surface area is 97.3 Å². The van der Waals surface area contributed by atoms with Gasteiger partial charge < -0.3 is 9.47 Å². The summed E-state index contributed by atoms with van der Waals surface area (Å²) < 4.78 is 47.5. The highest BCUT2D eigenvalue weighted by Gasteiger charge is 2.30. The zero-order chi connectivity index (χ0) is 12.5. The van der Waals surface area contributed by atoms with Gasteiger partial charge in [-0.1, -0.05) is 12.1 Å². The summed E-state index contributed by atoms with van der Waals surface area (Å²) in [6, 6.07) is 5.04. The smallest absolute Gasteiger partial charge is 0.371 e. The molecule has 2 rings (SSSR count). The lowest BCUT2D eigenvalue weighted by Crippen LogP contribution is -2.08. The first-order chi connectivity index (χ1) is 7.97. The molecule has 2 atom stereocenters. The van der Waals surface area contributed by atoms with Gasteiger partial charge in [0.25, 0.3) is 0 Å². The highest BCUT2D eigenvalue weighted by atomic mass is 19.4. The van der Waals surface area contributed by atoms with Crippen LogP contribution < -0.4 is 0 Å². The molecule has 17 heavy (non-hydrogen) atoms. The summed E-state index contributed by atoms with van der Waals surface area (Å²) in [5, 5.41) is 0. The Bertz CT molecular complexity index is 368. The predicted molar refractivity (Wildman–Crippen MR) is 55.6 cm³/mol. The molecule has 1 heterocycles. The Balaban J connectivity index is 1.96. The topological polar surface area (TPSA) is 21.8 Å². The lowest BCUT2D eigenvalue weighted by Gasteiger charge is -2.13. The van der Waals surface area contributed by atoms with Crippen molar-refractivity contribution in [2.45, 2.75) is 25.3 Å². The van der Waals surface area contributed by atoms with Crippen LogP contribution in [0.25, 0.3) is 0 Å². The summed E-state index contributed by atoms with van der Waals surface area (Å²) in [6.45, 7) is 3.01. The maximum absolute atomic E-state index is 12.3. The van der Waals surface area contributed by atoms with E-state index < -0.39 is 11.7 Å². The Morgan fingerprint density at radius 2 is 1.94 bits per heavy atom. The Kier molecular flexibility index (Phi) is 3.40. The molecule has 0 saturated carbocycles. The second-order valence-electron chi connectivity index (χ2n) is 4.05. The van der Waals surface area contributed by atoms with Gasteiger partial charge in [0.2, 0.25) is 0 Å². The number of alkyl halides is 3. The minimum absolute atomic E-state index is 0.159. The zero-order valence-corrected chi connectivity index (χ0v) is 9.33. The first-order valence-electron chi connectivity index (χ1n) is 5.37. The van der Waals surface area contributed by atoms with Gasteiger partial charge in [-0.05, 0) is 24.6 Å². The molecular weight excluding hydrogens is 233 g/mol. The van der Waals surface area contributed by atoms with Crippen molar-refractivity contribution in [3.8, 4) is 0 Å². The van der Waals surface area contributed by atoms with Gasteiger partial charge >= 0.3 is 6.18 Å². The fourth-order valence-electron chi connectivity index (χ4n) is 1.46. The second kappa shape index (κ2) is 4.66. The lowest BCUT2D eigenvalue weighted by molar-refractivity contribution is -0.137. The maximum atomic E-state index is 12.3. The summed E-state index contributed by atoms with van der Waals surface area (Å²) in [7, 11) is 0. The van der Waals surface area contributed by atoms with Crippen LogP contribution in [0, 0.1) is 0 Å². The number of benzene rings is 1. The molecule has 1 aromatic rings. The maximum Gasteiger partial charge on any atom is 0.416 e. The first-order valence-corrected chi connectivity index (χ1v) is 5.37. The van der Waals surface area contributed by atoms with Crippen LogP contribution in [0.1, 0.15) is 24.2 Å². The summed E-state index contributed by atoms with van der Waals surface area (Å²) >= 11 is 0. The van der Waals surface area contributed by atoms with Crippen molar-refractivity contribution in [3.63, 3.8) is 0 Å². The number of ether oxygens (including phenoxy) is 2. The van der Waals surface area contributed by atoms with Crippen LogP contribution in [0.15, 0.2) is 24.3 Å². The molecule has 1 aliphatic heterocycles. The summed E-state index contributed by atoms with van der Waals surface area (Å²) in [6.07, 6.45) is -4.35. The van der Waals surface area contributed by atoms with Crippen molar-refractivity contribution in [1.82, 2.24) is 0 Å². The normalized spacial score (nSPS) is 21.3. The van der Waals surface area contributed by atoms with Crippen molar-refractivity contribution in [1.29, 1.82) is 0 Å². The number of epoxide rings is 1. The van der Waals surface area contributed by atoms with Gasteiger partial charge in [-0.15, -0.1) is 0 Å². The van der Waals surface area contributed by atoms with Gasteiger partial charge in [-0.25, -0.2) is 0 Å². The van der Waals surface area contributed by atoms with Crippen LogP contribution >= 0.6 is 0 Å². The van der Waals surface area contributed by atoms with Gasteiger partial charge in [-0.3, -0.25) is 0 Å². The van der Waals surface area contributed by atoms with E-state index in [2.05, 4.69) is 0 Å². The molecule has 0 aromatic heterocycles. The molecule has 0 spiro atoms. The Hall–Kier alpha value is -1.07. The Morgan fingerprint density at radius 3 is 2.41 bits per heavy atom. The molecule has 1 saturated heterocycles. The van der Waals surface area contributed by atoms with E-state index in [4.69, 9.17) is 9.47 Å². The molecule has 0 amide bonds. The van der Waals surface area contributed by atoms with Crippen LogP contribution in [0.5, 0.6) is 0 Å². The van der Waals surface area contributed by atoms with Crippen LogP contribution in [0.4, 0.5) is 13.2 Å². The van der Waals surface area contributed by atoms with Crippen molar-refractivity contribution in [3.05, 3.63) is 35.4 Å². The van der Waals surface area contributed by atoms with Gasteiger partial charge in [0.15, 0.2) is 0 Å². The van der Waals surface area contributed by atoms with Gasteiger partial charge in [0.05, 0.1) is 24.9 Å². The van der Waals surface area contributed by atoms with E-state index in [-0.39, 0.29) is 12.2 Å². The summed E-state index contributed by atoms with van der Waals surface area (Å²) in [5.41, 5.74) is 0.0950. The van der Waals surface area contributed by atoms with E-state index in [1.807, 2.05) is 6.92 Å². The molecule has 1 aliphatic rings. The Morgan fingerprint density at radius 1 is 1.35 bits per heavy atom. The predicted octanol–water partition coefficient (Wildman–Crippen LogP) is 3.18. The van der Waals surface area contributed by atoms with Gasteiger partial charge in [-0.2, -0.15) is 13.2 Å². The van der Waals surface area contributed by atoms with Crippen LogP contribution in [0.2, 0.25) is 0 Å². The fourth-order valence-corrected chi connectivity index (χ4v) is 1.46. The van der Waals surface area contributed by atoms with E-state index >= 15 is 0 Å². The van der Waals surface area contributed by atoms with Crippen molar-refractivity contribution >= 4 is 0 Å². The minimum Gasteiger partial charge on any atom is -0.371 e. The zero-order valence-electron chi connectivity index (χ0n) is 9.33. The van der Waals surface area contributed by atoms with E-state index in [1.54, 1.807) is 0 Å². The molecule has 94 valence electrons. The highest BCUT2D eigenvalue weighted by Crippen LogP contribution is 2.30. The third kappa shape index (κ3) is 3.44. The molecule has 0 unspecified atom stereocenters. The number of rotatable bonds is 4. The lowest BCUT2D eigenvalue weighted by atomic mass is 10.1. The summed E-state index contributed by atoms with van der Waals surface area (Å²) in [4.78, 5) is 0.